The Labute approximate surface area is 178 Å². The van der Waals surface area contributed by atoms with Gasteiger partial charge >= 0.3 is 17.6 Å². The molecule has 0 bridgehead atoms. The molecule has 0 fully saturated rings. The van der Waals surface area contributed by atoms with Crippen LogP contribution in [0.1, 0.15) is 41.3 Å². The SMILES string of the molecule is CCCOC(=O)CCc1cc2c(C)cc(=O)oc2cc1OC(=O)c1ccccc1Cl. The molecular weight excluding hydrogens is 408 g/mol. The Bertz CT molecular complexity index is 1150. The van der Waals surface area contributed by atoms with Gasteiger partial charge in [0.15, 0.2) is 0 Å². The molecule has 156 valence electrons. The second-order valence-corrected chi connectivity index (χ2v) is 7.20. The van der Waals surface area contributed by atoms with Crippen LogP contribution in [-0.2, 0) is 16.0 Å². The first-order chi connectivity index (χ1) is 14.4. The highest BCUT2D eigenvalue weighted by atomic mass is 35.5. The van der Waals surface area contributed by atoms with Crippen LogP contribution in [0.3, 0.4) is 0 Å². The van der Waals surface area contributed by atoms with Crippen LogP contribution in [0.25, 0.3) is 11.0 Å². The van der Waals surface area contributed by atoms with Gasteiger partial charge in [-0.1, -0.05) is 30.7 Å². The van der Waals surface area contributed by atoms with Gasteiger partial charge in [0, 0.05) is 23.9 Å². The van der Waals surface area contributed by atoms with Crippen molar-refractivity contribution in [2.24, 2.45) is 0 Å². The van der Waals surface area contributed by atoms with Crippen molar-refractivity contribution in [2.45, 2.75) is 33.1 Å². The highest BCUT2D eigenvalue weighted by Gasteiger charge is 2.18. The summed E-state index contributed by atoms with van der Waals surface area (Å²) in [5, 5.41) is 0.958. The lowest BCUT2D eigenvalue weighted by Crippen LogP contribution is -2.12. The van der Waals surface area contributed by atoms with E-state index in [1.165, 1.54) is 12.1 Å². The standard InChI is InChI=1S/C23H21ClO6/c1-3-10-28-21(25)9-8-15-12-17-14(2)11-22(26)29-20(17)13-19(15)30-23(27)16-6-4-5-7-18(16)24/h4-7,11-13H,3,8-10H2,1-2H3. The fourth-order valence-electron chi connectivity index (χ4n) is 2.99. The zero-order valence-corrected chi connectivity index (χ0v) is 17.5. The predicted octanol–water partition coefficient (Wildman–Crippen LogP) is 4.86. The van der Waals surface area contributed by atoms with Crippen molar-refractivity contribution in [1.29, 1.82) is 0 Å². The van der Waals surface area contributed by atoms with Gasteiger partial charge in [-0.3, -0.25) is 4.79 Å². The van der Waals surface area contributed by atoms with Crippen molar-refractivity contribution >= 4 is 34.5 Å². The van der Waals surface area contributed by atoms with E-state index in [9.17, 15) is 14.4 Å². The summed E-state index contributed by atoms with van der Waals surface area (Å²) in [6.45, 7) is 4.06. The molecule has 0 aliphatic heterocycles. The number of esters is 2. The van der Waals surface area contributed by atoms with Crippen molar-refractivity contribution in [1.82, 2.24) is 0 Å². The second kappa shape index (κ2) is 9.59. The zero-order valence-electron chi connectivity index (χ0n) is 16.7. The number of carbonyl (C=O) groups excluding carboxylic acids is 2. The molecule has 0 saturated carbocycles. The highest BCUT2D eigenvalue weighted by Crippen LogP contribution is 2.30. The van der Waals surface area contributed by atoms with Gasteiger partial charge in [0.05, 0.1) is 17.2 Å². The summed E-state index contributed by atoms with van der Waals surface area (Å²) in [4.78, 5) is 36.3. The monoisotopic (exact) mass is 428 g/mol. The maximum absolute atomic E-state index is 12.6. The van der Waals surface area contributed by atoms with Crippen LogP contribution in [-0.4, -0.2) is 18.5 Å². The summed E-state index contributed by atoms with van der Waals surface area (Å²) >= 11 is 6.09. The number of aryl methyl sites for hydroxylation is 2. The first-order valence-electron chi connectivity index (χ1n) is 9.58. The van der Waals surface area contributed by atoms with Gasteiger partial charge in [0.1, 0.15) is 11.3 Å². The van der Waals surface area contributed by atoms with Crippen LogP contribution < -0.4 is 10.4 Å². The second-order valence-electron chi connectivity index (χ2n) is 6.79. The van der Waals surface area contributed by atoms with Crippen molar-refractivity contribution in [3.63, 3.8) is 0 Å². The lowest BCUT2D eigenvalue weighted by molar-refractivity contribution is -0.143. The van der Waals surface area contributed by atoms with Gasteiger partial charge in [0.2, 0.25) is 0 Å². The molecule has 0 radical (unpaired) electrons. The fourth-order valence-corrected chi connectivity index (χ4v) is 3.20. The predicted molar refractivity (Wildman–Crippen MR) is 113 cm³/mol. The molecule has 2 aromatic carbocycles. The van der Waals surface area contributed by atoms with E-state index in [-0.39, 0.29) is 28.7 Å². The molecule has 7 heteroatoms. The molecule has 0 saturated heterocycles. The number of halogens is 1. The van der Waals surface area contributed by atoms with Crippen molar-refractivity contribution in [2.75, 3.05) is 6.61 Å². The molecule has 0 spiro atoms. The van der Waals surface area contributed by atoms with E-state index in [0.717, 1.165) is 12.0 Å². The Kier molecular flexibility index (Phi) is 6.90. The number of rotatable bonds is 7. The molecule has 1 aromatic heterocycles. The largest absolute Gasteiger partial charge is 0.466 e. The third-order valence-corrected chi connectivity index (χ3v) is 4.82. The molecule has 0 amide bonds. The Balaban J connectivity index is 1.97. The molecule has 3 aromatic rings. The molecule has 0 aliphatic rings. The normalized spacial score (nSPS) is 10.8. The van der Waals surface area contributed by atoms with Crippen molar-refractivity contribution in [3.8, 4) is 5.75 Å². The third kappa shape index (κ3) is 5.07. The van der Waals surface area contributed by atoms with Crippen LogP contribution in [0.4, 0.5) is 0 Å². The Morgan fingerprint density at radius 1 is 1.13 bits per heavy atom. The summed E-state index contributed by atoms with van der Waals surface area (Å²) in [6.07, 6.45) is 1.15. The average Bonchev–Trinajstić information content (AvgIpc) is 2.71. The van der Waals surface area contributed by atoms with Crippen molar-refractivity contribution < 1.29 is 23.5 Å². The van der Waals surface area contributed by atoms with Crippen LogP contribution in [0.15, 0.2) is 51.7 Å². The van der Waals surface area contributed by atoms with Crippen LogP contribution in [0, 0.1) is 6.92 Å². The number of carbonyl (C=O) groups is 2. The van der Waals surface area contributed by atoms with Gasteiger partial charge in [0.25, 0.3) is 0 Å². The molecule has 6 nitrogen and oxygen atoms in total. The van der Waals surface area contributed by atoms with E-state index in [2.05, 4.69) is 0 Å². The molecule has 0 unspecified atom stereocenters. The molecule has 0 atom stereocenters. The number of ether oxygens (including phenoxy) is 2. The van der Waals surface area contributed by atoms with E-state index in [4.69, 9.17) is 25.5 Å². The van der Waals surface area contributed by atoms with E-state index in [1.54, 1.807) is 37.3 Å². The zero-order chi connectivity index (χ0) is 21.7. The summed E-state index contributed by atoms with van der Waals surface area (Å²) in [5.74, 6) is -0.786. The molecule has 0 aliphatic carbocycles. The molecule has 3 rings (SSSR count). The lowest BCUT2D eigenvalue weighted by atomic mass is 10.0. The summed E-state index contributed by atoms with van der Waals surface area (Å²) in [6, 6.07) is 11.2. The number of hydrogen-bond acceptors (Lipinski definition) is 6. The lowest BCUT2D eigenvalue weighted by Gasteiger charge is -2.13. The molecule has 30 heavy (non-hydrogen) atoms. The maximum Gasteiger partial charge on any atom is 0.345 e. The van der Waals surface area contributed by atoms with Gasteiger partial charge in [-0.05, 0) is 49.1 Å². The van der Waals surface area contributed by atoms with Crippen LogP contribution in [0.5, 0.6) is 5.75 Å². The van der Waals surface area contributed by atoms with Gasteiger partial charge in [-0.2, -0.15) is 0 Å². The average molecular weight is 429 g/mol. The Hall–Kier alpha value is -3.12. The van der Waals surface area contributed by atoms with Crippen LogP contribution in [0.2, 0.25) is 5.02 Å². The minimum atomic E-state index is -0.648. The summed E-state index contributed by atoms with van der Waals surface area (Å²) in [7, 11) is 0. The number of benzene rings is 2. The molecular formula is C23H21ClO6. The summed E-state index contributed by atoms with van der Waals surface area (Å²) < 4.78 is 16.0. The minimum Gasteiger partial charge on any atom is -0.466 e. The molecule has 1 heterocycles. The fraction of sp³-hybridized carbons (Fsp3) is 0.261. The maximum atomic E-state index is 12.6. The van der Waals surface area contributed by atoms with E-state index in [0.29, 0.717) is 29.6 Å². The van der Waals surface area contributed by atoms with Crippen molar-refractivity contribution in [3.05, 3.63) is 74.6 Å². The van der Waals surface area contributed by atoms with Gasteiger partial charge in [-0.25, -0.2) is 9.59 Å². The highest BCUT2D eigenvalue weighted by molar-refractivity contribution is 6.33. The van der Waals surface area contributed by atoms with Crippen LogP contribution >= 0.6 is 11.6 Å². The Morgan fingerprint density at radius 3 is 2.63 bits per heavy atom. The third-order valence-electron chi connectivity index (χ3n) is 4.49. The topological polar surface area (TPSA) is 82.8 Å². The number of hydrogen-bond donors (Lipinski definition) is 0. The summed E-state index contributed by atoms with van der Waals surface area (Å²) in [5.41, 5.74) is 1.34. The first-order valence-corrected chi connectivity index (χ1v) is 9.96. The van der Waals surface area contributed by atoms with E-state index in [1.807, 2.05) is 6.92 Å². The smallest absolute Gasteiger partial charge is 0.345 e. The minimum absolute atomic E-state index is 0.123. The van der Waals surface area contributed by atoms with Gasteiger partial charge in [-0.15, -0.1) is 0 Å². The Morgan fingerprint density at radius 2 is 1.90 bits per heavy atom. The van der Waals surface area contributed by atoms with E-state index < -0.39 is 11.6 Å². The molecule has 0 N–H and O–H groups in total. The van der Waals surface area contributed by atoms with Gasteiger partial charge < -0.3 is 13.9 Å². The first kappa shape index (κ1) is 21.6. The quantitative estimate of drug-likeness (QED) is 0.303. The number of fused-ring (bicyclic) bond motifs is 1. The van der Waals surface area contributed by atoms with E-state index >= 15 is 0 Å².